The number of nitro groups is 3. The molecule has 1 amide bonds. The van der Waals surface area contributed by atoms with E-state index in [9.17, 15) is 35.1 Å². The van der Waals surface area contributed by atoms with Crippen LogP contribution in [0.3, 0.4) is 0 Å². The Hall–Kier alpha value is -5.40. The van der Waals surface area contributed by atoms with Crippen molar-refractivity contribution in [1.29, 1.82) is 0 Å². The maximum Gasteiger partial charge on any atom is 0.318 e. The molecule has 0 saturated carbocycles. The van der Waals surface area contributed by atoms with Crippen LogP contribution in [0.5, 0.6) is 17.2 Å². The summed E-state index contributed by atoms with van der Waals surface area (Å²) in [5.74, 6) is -0.762. The summed E-state index contributed by atoms with van der Waals surface area (Å²) in [6.07, 6.45) is 1.26. The number of hydrogen-bond donors (Lipinski definition) is 1. The third-order valence-electron chi connectivity index (χ3n) is 4.26. The summed E-state index contributed by atoms with van der Waals surface area (Å²) in [5.41, 5.74) is 1.34. The summed E-state index contributed by atoms with van der Waals surface area (Å²) in [7, 11) is 0. The van der Waals surface area contributed by atoms with Crippen molar-refractivity contribution >= 4 is 29.2 Å². The zero-order chi connectivity index (χ0) is 25.4. The van der Waals surface area contributed by atoms with E-state index < -0.39 is 38.7 Å². The van der Waals surface area contributed by atoms with Crippen LogP contribution in [-0.2, 0) is 4.79 Å². The molecule has 0 bridgehead atoms. The molecular formula is C21H15N5O9. The Bertz CT molecular complexity index is 1330. The van der Waals surface area contributed by atoms with E-state index in [0.29, 0.717) is 5.56 Å². The van der Waals surface area contributed by atoms with Gasteiger partial charge in [0.15, 0.2) is 12.4 Å². The maximum atomic E-state index is 11.9. The van der Waals surface area contributed by atoms with Gasteiger partial charge < -0.3 is 9.47 Å². The first kappa shape index (κ1) is 24.2. The molecule has 0 aliphatic carbocycles. The van der Waals surface area contributed by atoms with Crippen LogP contribution in [0.15, 0.2) is 71.8 Å². The first-order chi connectivity index (χ1) is 16.7. The molecule has 0 radical (unpaired) electrons. The fourth-order valence-corrected chi connectivity index (χ4v) is 2.72. The van der Waals surface area contributed by atoms with Gasteiger partial charge in [0.1, 0.15) is 5.75 Å². The van der Waals surface area contributed by atoms with E-state index in [1.165, 1.54) is 42.6 Å². The number of amides is 1. The molecule has 0 aromatic heterocycles. The monoisotopic (exact) mass is 481 g/mol. The van der Waals surface area contributed by atoms with E-state index in [1.54, 1.807) is 12.1 Å². The Balaban J connectivity index is 1.62. The molecule has 1 N–H and O–H groups in total. The molecule has 3 aromatic rings. The van der Waals surface area contributed by atoms with Crippen LogP contribution in [0.1, 0.15) is 5.56 Å². The molecule has 14 heteroatoms. The van der Waals surface area contributed by atoms with Gasteiger partial charge in [-0.1, -0.05) is 24.3 Å². The summed E-state index contributed by atoms with van der Waals surface area (Å²) < 4.78 is 10.7. The van der Waals surface area contributed by atoms with Crippen molar-refractivity contribution in [3.05, 3.63) is 103 Å². The van der Waals surface area contributed by atoms with Crippen LogP contribution in [0.25, 0.3) is 0 Å². The number of carbonyl (C=O) groups is 1. The average Bonchev–Trinajstić information content (AvgIpc) is 2.83. The van der Waals surface area contributed by atoms with Gasteiger partial charge in [-0.3, -0.25) is 35.1 Å². The van der Waals surface area contributed by atoms with Crippen LogP contribution in [0.2, 0.25) is 0 Å². The summed E-state index contributed by atoms with van der Waals surface area (Å²) in [5, 5.41) is 36.8. The molecule has 0 fully saturated rings. The van der Waals surface area contributed by atoms with Gasteiger partial charge in [-0.25, -0.2) is 5.43 Å². The first-order valence-electron chi connectivity index (χ1n) is 9.63. The highest BCUT2D eigenvalue weighted by atomic mass is 16.6. The van der Waals surface area contributed by atoms with Crippen LogP contribution >= 0.6 is 0 Å². The third kappa shape index (κ3) is 6.55. The second-order valence-corrected chi connectivity index (χ2v) is 6.65. The molecule has 0 unspecified atom stereocenters. The molecule has 178 valence electrons. The highest BCUT2D eigenvalue weighted by Crippen LogP contribution is 2.34. The van der Waals surface area contributed by atoms with Crippen LogP contribution in [-0.4, -0.2) is 33.5 Å². The Morgan fingerprint density at radius 2 is 1.60 bits per heavy atom. The first-order valence-corrected chi connectivity index (χ1v) is 9.63. The van der Waals surface area contributed by atoms with Crippen LogP contribution in [0.4, 0.5) is 17.1 Å². The zero-order valence-corrected chi connectivity index (χ0v) is 17.6. The second kappa shape index (κ2) is 11.0. The quantitative estimate of drug-likeness (QED) is 0.255. The standard InChI is InChI=1S/C21H15N5O9/c27-21(13-34-19-7-2-1-6-17(19)25(30)31)23-22-12-14-4-3-5-16(10-14)35-20-9-8-15(24(28)29)11-18(20)26(32)33/h1-12H,13H2,(H,23,27)/b22-12-. The lowest BCUT2D eigenvalue weighted by atomic mass is 10.2. The number of carbonyl (C=O) groups excluding carboxylic acids is 1. The van der Waals surface area contributed by atoms with Gasteiger partial charge in [-0.2, -0.15) is 5.10 Å². The molecule has 0 atom stereocenters. The van der Waals surface area contributed by atoms with Crippen molar-refractivity contribution in [3.8, 4) is 17.2 Å². The molecule has 3 aromatic carbocycles. The minimum absolute atomic E-state index is 0.0678. The second-order valence-electron chi connectivity index (χ2n) is 6.65. The molecule has 0 spiro atoms. The highest BCUT2D eigenvalue weighted by molar-refractivity contribution is 5.83. The zero-order valence-electron chi connectivity index (χ0n) is 17.6. The van der Waals surface area contributed by atoms with Crippen molar-refractivity contribution in [2.45, 2.75) is 0 Å². The average molecular weight is 481 g/mol. The molecular weight excluding hydrogens is 466 g/mol. The van der Waals surface area contributed by atoms with E-state index in [2.05, 4.69) is 10.5 Å². The molecule has 0 heterocycles. The van der Waals surface area contributed by atoms with Crippen molar-refractivity contribution in [2.75, 3.05) is 6.61 Å². The van der Waals surface area contributed by atoms with Crippen molar-refractivity contribution in [2.24, 2.45) is 5.10 Å². The van der Waals surface area contributed by atoms with Gasteiger partial charge >= 0.3 is 11.4 Å². The molecule has 14 nitrogen and oxygen atoms in total. The fourth-order valence-electron chi connectivity index (χ4n) is 2.72. The summed E-state index contributed by atoms with van der Waals surface area (Å²) in [6, 6.07) is 14.7. The number of hydrogen-bond acceptors (Lipinski definition) is 10. The third-order valence-corrected chi connectivity index (χ3v) is 4.26. The number of nitro benzene ring substituents is 3. The number of ether oxygens (including phenoxy) is 2. The van der Waals surface area contributed by atoms with Gasteiger partial charge in [0.2, 0.25) is 5.75 Å². The molecule has 3 rings (SSSR count). The summed E-state index contributed by atoms with van der Waals surface area (Å²) in [6.45, 7) is -0.519. The van der Waals surface area contributed by atoms with Gasteiger partial charge in [-0.05, 0) is 29.8 Å². The maximum absolute atomic E-state index is 11.9. The van der Waals surface area contributed by atoms with E-state index in [0.717, 1.165) is 18.2 Å². The SMILES string of the molecule is O=C(COc1ccccc1[N+](=O)[O-])N/N=C\c1cccc(Oc2ccc([N+](=O)[O-])cc2[N+](=O)[O-])c1. The summed E-state index contributed by atoms with van der Waals surface area (Å²) in [4.78, 5) is 42.8. The minimum atomic E-state index is -0.796. The normalized spacial score (nSPS) is 10.5. The Kier molecular flexibility index (Phi) is 7.59. The van der Waals surface area contributed by atoms with Gasteiger partial charge in [0.05, 0.1) is 27.1 Å². The lowest BCUT2D eigenvalue weighted by molar-refractivity contribution is -0.394. The number of rotatable bonds is 10. The van der Waals surface area contributed by atoms with Crippen LogP contribution < -0.4 is 14.9 Å². The number of nitrogens with zero attached hydrogens (tertiary/aromatic N) is 4. The van der Waals surface area contributed by atoms with E-state index in [4.69, 9.17) is 9.47 Å². The highest BCUT2D eigenvalue weighted by Gasteiger charge is 2.21. The van der Waals surface area contributed by atoms with Gasteiger partial charge in [0.25, 0.3) is 11.6 Å². The van der Waals surface area contributed by atoms with Gasteiger partial charge in [0, 0.05) is 12.1 Å². The molecule has 0 saturated heterocycles. The molecule has 35 heavy (non-hydrogen) atoms. The van der Waals surface area contributed by atoms with E-state index >= 15 is 0 Å². The van der Waals surface area contributed by atoms with E-state index in [1.807, 2.05) is 0 Å². The topological polar surface area (TPSA) is 189 Å². The lowest BCUT2D eigenvalue weighted by Gasteiger charge is -2.07. The number of benzene rings is 3. The molecule has 0 aliphatic heterocycles. The van der Waals surface area contributed by atoms with Crippen molar-refractivity contribution < 1.29 is 29.0 Å². The Morgan fingerprint density at radius 1 is 0.857 bits per heavy atom. The smallest absolute Gasteiger partial charge is 0.318 e. The predicted octanol–water partition coefficient (Wildman–Crippen LogP) is 3.73. The number of nitrogens with one attached hydrogen (secondary N) is 1. The largest absolute Gasteiger partial charge is 0.477 e. The Morgan fingerprint density at radius 3 is 2.31 bits per heavy atom. The van der Waals surface area contributed by atoms with Gasteiger partial charge in [-0.15, -0.1) is 0 Å². The van der Waals surface area contributed by atoms with Crippen molar-refractivity contribution in [1.82, 2.24) is 5.43 Å². The van der Waals surface area contributed by atoms with Crippen molar-refractivity contribution in [3.63, 3.8) is 0 Å². The Labute approximate surface area is 195 Å². The van der Waals surface area contributed by atoms with Crippen LogP contribution in [0, 0.1) is 30.3 Å². The molecule has 0 aliphatic rings. The number of hydrazone groups is 1. The summed E-state index contributed by atoms with van der Waals surface area (Å²) >= 11 is 0. The predicted molar refractivity (Wildman–Crippen MR) is 121 cm³/mol. The van der Waals surface area contributed by atoms with E-state index in [-0.39, 0.29) is 22.9 Å². The lowest BCUT2D eigenvalue weighted by Crippen LogP contribution is -2.24. The number of para-hydroxylation sites is 2. The number of non-ortho nitro benzene ring substituents is 1. The fraction of sp³-hybridized carbons (Fsp3) is 0.0476. The minimum Gasteiger partial charge on any atom is -0.477 e.